The fourth-order valence-electron chi connectivity index (χ4n) is 3.72. The second kappa shape index (κ2) is 8.22. The number of aromatic amines is 1. The van der Waals surface area contributed by atoms with Crippen molar-refractivity contribution < 1.29 is 9.21 Å². The van der Waals surface area contributed by atoms with E-state index < -0.39 is 0 Å². The lowest BCUT2D eigenvalue weighted by molar-refractivity contribution is 0.0942. The van der Waals surface area contributed by atoms with E-state index in [0.717, 1.165) is 39.0 Å². The molecule has 1 aromatic carbocycles. The summed E-state index contributed by atoms with van der Waals surface area (Å²) in [5.41, 5.74) is 11.5. The van der Waals surface area contributed by atoms with Gasteiger partial charge in [-0.3, -0.25) is 4.79 Å². The average Bonchev–Trinajstić information content (AvgIpc) is 3.56. The maximum absolute atomic E-state index is 13.0. The first-order valence-corrected chi connectivity index (χ1v) is 10.8. The third-order valence-corrected chi connectivity index (χ3v) is 6.16. The summed E-state index contributed by atoms with van der Waals surface area (Å²) in [6.45, 7) is 0.326. The highest BCUT2D eigenvalue weighted by molar-refractivity contribution is 7.12. The summed E-state index contributed by atoms with van der Waals surface area (Å²) < 4.78 is 5.28. The van der Waals surface area contributed by atoms with Crippen LogP contribution in [0.4, 0.5) is 0 Å². The van der Waals surface area contributed by atoms with Crippen LogP contribution in [0.15, 0.2) is 83.1 Å². The molecule has 1 atom stereocenters. The molecule has 0 saturated carbocycles. The molecule has 6 nitrogen and oxygen atoms in total. The monoisotopic (exact) mass is 428 g/mol. The normalized spacial score (nSPS) is 12.2. The Labute approximate surface area is 182 Å². The van der Waals surface area contributed by atoms with Crippen LogP contribution in [0.2, 0.25) is 0 Å². The fourth-order valence-corrected chi connectivity index (χ4v) is 4.53. The number of thiophene rings is 1. The van der Waals surface area contributed by atoms with Crippen LogP contribution in [-0.4, -0.2) is 22.4 Å². The third-order valence-electron chi connectivity index (χ3n) is 5.24. The Bertz CT molecular complexity index is 1320. The van der Waals surface area contributed by atoms with Gasteiger partial charge in [-0.05, 0) is 40.8 Å². The number of nitrogens with two attached hydrogens (primary N) is 1. The zero-order valence-corrected chi connectivity index (χ0v) is 17.4. The van der Waals surface area contributed by atoms with Gasteiger partial charge in [0.05, 0.1) is 29.1 Å². The first-order valence-electron chi connectivity index (χ1n) is 9.88. The summed E-state index contributed by atoms with van der Waals surface area (Å²) in [6, 6.07) is 17.3. The molecule has 31 heavy (non-hydrogen) atoms. The van der Waals surface area contributed by atoms with Crippen LogP contribution < -0.4 is 11.1 Å². The molecule has 4 N–H and O–H groups in total. The van der Waals surface area contributed by atoms with Gasteiger partial charge >= 0.3 is 0 Å². The molecule has 0 aliphatic rings. The van der Waals surface area contributed by atoms with Gasteiger partial charge in [0.1, 0.15) is 5.65 Å². The number of carbonyl (C=O) groups is 1. The molecule has 0 aliphatic carbocycles. The predicted octanol–water partition coefficient (Wildman–Crippen LogP) is 4.98. The van der Waals surface area contributed by atoms with E-state index in [1.807, 2.05) is 60.0 Å². The summed E-state index contributed by atoms with van der Waals surface area (Å²) in [4.78, 5) is 21.4. The number of H-pyrrole nitrogens is 1. The topological polar surface area (TPSA) is 96.9 Å². The largest absolute Gasteiger partial charge is 0.472 e. The highest BCUT2D eigenvalue weighted by Gasteiger charge is 2.20. The molecule has 0 spiro atoms. The molecule has 4 heterocycles. The number of aromatic nitrogens is 2. The number of nitrogens with zero attached hydrogens (tertiary/aromatic N) is 1. The number of fused-ring (bicyclic) bond motifs is 1. The Morgan fingerprint density at radius 1 is 1.16 bits per heavy atom. The van der Waals surface area contributed by atoms with Crippen molar-refractivity contribution in [3.8, 4) is 22.4 Å². The van der Waals surface area contributed by atoms with Gasteiger partial charge in [-0.1, -0.05) is 30.3 Å². The molecule has 1 unspecified atom stereocenters. The highest BCUT2D eigenvalue weighted by Crippen LogP contribution is 2.39. The van der Waals surface area contributed by atoms with E-state index in [0.29, 0.717) is 11.4 Å². The SMILES string of the molecule is NCC(NC(=O)c1cc(-c2c(-c3ccoc3)[nH]c3ncccc23)cs1)c1ccccc1. The average molecular weight is 429 g/mol. The first kappa shape index (κ1) is 19.3. The molecular formula is C24H20N4O2S. The van der Waals surface area contributed by atoms with Crippen molar-refractivity contribution in [3.63, 3.8) is 0 Å². The van der Waals surface area contributed by atoms with Crippen molar-refractivity contribution in [3.05, 3.63) is 89.1 Å². The summed E-state index contributed by atoms with van der Waals surface area (Å²) >= 11 is 1.41. The van der Waals surface area contributed by atoms with Gasteiger partial charge in [-0.2, -0.15) is 0 Å². The van der Waals surface area contributed by atoms with Crippen molar-refractivity contribution in [2.24, 2.45) is 5.73 Å². The molecule has 0 aliphatic heterocycles. The zero-order chi connectivity index (χ0) is 21.2. The Morgan fingerprint density at radius 3 is 2.81 bits per heavy atom. The van der Waals surface area contributed by atoms with E-state index >= 15 is 0 Å². The summed E-state index contributed by atoms with van der Waals surface area (Å²) in [5.74, 6) is -0.140. The van der Waals surface area contributed by atoms with Gasteiger partial charge in [-0.15, -0.1) is 11.3 Å². The number of furan rings is 1. The molecule has 5 aromatic rings. The van der Waals surface area contributed by atoms with Crippen LogP contribution in [-0.2, 0) is 0 Å². The maximum atomic E-state index is 13.0. The van der Waals surface area contributed by atoms with Gasteiger partial charge < -0.3 is 20.5 Å². The Morgan fingerprint density at radius 2 is 2.03 bits per heavy atom. The molecule has 0 saturated heterocycles. The number of hydrogen-bond donors (Lipinski definition) is 3. The molecule has 5 rings (SSSR count). The molecule has 1 amide bonds. The quantitative estimate of drug-likeness (QED) is 0.355. The maximum Gasteiger partial charge on any atom is 0.261 e. The number of carbonyl (C=O) groups excluding carboxylic acids is 1. The van der Waals surface area contributed by atoms with Crippen LogP contribution in [0.3, 0.4) is 0 Å². The van der Waals surface area contributed by atoms with Crippen molar-refractivity contribution in [2.75, 3.05) is 6.54 Å². The lowest BCUT2D eigenvalue weighted by Gasteiger charge is -2.16. The number of rotatable bonds is 6. The minimum atomic E-state index is -0.238. The molecule has 0 fully saturated rings. The highest BCUT2D eigenvalue weighted by atomic mass is 32.1. The predicted molar refractivity (Wildman–Crippen MR) is 123 cm³/mol. The second-order valence-electron chi connectivity index (χ2n) is 7.16. The van der Waals surface area contributed by atoms with E-state index in [2.05, 4.69) is 15.3 Å². The standard InChI is InChI=1S/C24H20N4O2S/c25-12-19(15-5-2-1-3-6-15)27-24(29)20-11-17(14-31-20)21-18-7-4-9-26-23(18)28-22(21)16-8-10-30-13-16/h1-11,13-14,19H,12,25H2,(H,26,28)(H,27,29). The second-order valence-corrected chi connectivity index (χ2v) is 8.07. The first-order chi connectivity index (χ1) is 15.2. The Kier molecular flexibility index (Phi) is 5.11. The Hall–Kier alpha value is -3.68. The third kappa shape index (κ3) is 3.65. The van der Waals surface area contributed by atoms with Gasteiger partial charge in [-0.25, -0.2) is 4.98 Å². The van der Waals surface area contributed by atoms with Crippen LogP contribution in [0.25, 0.3) is 33.4 Å². The lowest BCUT2D eigenvalue weighted by atomic mass is 10.0. The number of nitrogens with one attached hydrogen (secondary N) is 2. The van der Waals surface area contributed by atoms with Gasteiger partial charge in [0.25, 0.3) is 5.91 Å². The number of amides is 1. The van der Waals surface area contributed by atoms with E-state index in [1.54, 1.807) is 18.7 Å². The molecule has 154 valence electrons. The molecule has 0 bridgehead atoms. The van der Waals surface area contributed by atoms with E-state index in [4.69, 9.17) is 10.2 Å². The smallest absolute Gasteiger partial charge is 0.261 e. The lowest BCUT2D eigenvalue weighted by Crippen LogP contribution is -2.32. The van der Waals surface area contributed by atoms with E-state index in [1.165, 1.54) is 11.3 Å². The van der Waals surface area contributed by atoms with Crippen molar-refractivity contribution in [1.82, 2.24) is 15.3 Å². The summed E-state index contributed by atoms with van der Waals surface area (Å²) in [6.07, 6.45) is 5.09. The molecule has 0 radical (unpaired) electrons. The van der Waals surface area contributed by atoms with Crippen molar-refractivity contribution in [1.29, 1.82) is 0 Å². The van der Waals surface area contributed by atoms with Gasteiger partial charge in [0, 0.05) is 29.3 Å². The minimum absolute atomic E-state index is 0.140. The van der Waals surface area contributed by atoms with Crippen molar-refractivity contribution in [2.45, 2.75) is 6.04 Å². The molecular weight excluding hydrogens is 408 g/mol. The molecule has 4 aromatic heterocycles. The van der Waals surface area contributed by atoms with Crippen LogP contribution >= 0.6 is 11.3 Å². The minimum Gasteiger partial charge on any atom is -0.472 e. The summed E-state index contributed by atoms with van der Waals surface area (Å²) in [7, 11) is 0. The number of benzene rings is 1. The van der Waals surface area contributed by atoms with Gasteiger partial charge in [0.2, 0.25) is 0 Å². The van der Waals surface area contributed by atoms with Gasteiger partial charge in [0.15, 0.2) is 0 Å². The van der Waals surface area contributed by atoms with Crippen LogP contribution in [0.5, 0.6) is 0 Å². The van der Waals surface area contributed by atoms with Crippen LogP contribution in [0.1, 0.15) is 21.3 Å². The van der Waals surface area contributed by atoms with E-state index in [-0.39, 0.29) is 11.9 Å². The zero-order valence-electron chi connectivity index (χ0n) is 16.5. The number of pyridine rings is 1. The fraction of sp³-hybridized carbons (Fsp3) is 0.0833. The van der Waals surface area contributed by atoms with Crippen LogP contribution in [0, 0.1) is 0 Å². The van der Waals surface area contributed by atoms with E-state index in [9.17, 15) is 4.79 Å². The molecule has 7 heteroatoms. The summed E-state index contributed by atoms with van der Waals surface area (Å²) in [5, 5.41) is 6.04. The number of hydrogen-bond acceptors (Lipinski definition) is 5. The van der Waals surface area contributed by atoms with Crippen molar-refractivity contribution >= 4 is 28.3 Å². The Balaban J connectivity index is 1.49.